The fraction of sp³-hybridized carbons (Fsp3) is 0.818. The van der Waals surface area contributed by atoms with Gasteiger partial charge in [0, 0.05) is 19.4 Å². The second-order valence-corrected chi connectivity index (χ2v) is 5.10. The number of rotatable bonds is 2. The smallest absolute Gasteiger partial charge is 0.410 e. The van der Waals surface area contributed by atoms with Gasteiger partial charge in [0.25, 0.3) is 5.92 Å². The predicted octanol–water partition coefficient (Wildman–Crippen LogP) is 2.22. The van der Waals surface area contributed by atoms with Crippen molar-refractivity contribution < 1.29 is 23.1 Å². The van der Waals surface area contributed by atoms with Gasteiger partial charge in [0.15, 0.2) is 0 Å². The van der Waals surface area contributed by atoms with Crippen LogP contribution >= 0.6 is 0 Å². The Morgan fingerprint density at radius 2 is 2.12 bits per heavy atom. The first-order chi connectivity index (χ1) is 7.67. The molecule has 1 amide bonds. The van der Waals surface area contributed by atoms with Crippen LogP contribution in [0.5, 0.6) is 0 Å². The first-order valence-corrected chi connectivity index (χ1v) is 5.48. The maximum Gasteiger partial charge on any atom is 0.410 e. The molecule has 0 radical (unpaired) electrons. The van der Waals surface area contributed by atoms with Crippen molar-refractivity contribution in [2.45, 2.75) is 51.2 Å². The highest BCUT2D eigenvalue weighted by molar-refractivity contribution is 5.70. The second-order valence-electron chi connectivity index (χ2n) is 5.10. The molecule has 0 aromatic rings. The van der Waals surface area contributed by atoms with Crippen molar-refractivity contribution in [3.8, 4) is 0 Å². The predicted molar refractivity (Wildman–Crippen MR) is 57.0 cm³/mol. The lowest BCUT2D eigenvalue weighted by atomic mass is 10.1. The molecular formula is C11H17F2NO3. The van der Waals surface area contributed by atoms with Crippen molar-refractivity contribution in [2.24, 2.45) is 0 Å². The molecular weight excluding hydrogens is 232 g/mol. The van der Waals surface area contributed by atoms with Crippen LogP contribution in [0.15, 0.2) is 0 Å². The summed E-state index contributed by atoms with van der Waals surface area (Å²) in [5.74, 6) is -3.02. The zero-order valence-electron chi connectivity index (χ0n) is 10.2. The van der Waals surface area contributed by atoms with Crippen molar-refractivity contribution in [1.82, 2.24) is 4.90 Å². The molecule has 1 heterocycles. The normalized spacial score (nSPS) is 23.6. The molecule has 1 atom stereocenters. The molecule has 0 saturated carbocycles. The van der Waals surface area contributed by atoms with Crippen molar-refractivity contribution in [2.75, 3.05) is 6.54 Å². The van der Waals surface area contributed by atoms with E-state index in [1.807, 2.05) is 0 Å². The SMILES string of the molecule is CC(C)(C)OC(=O)N1CCC(F)(F)C1CC=O. The number of halogens is 2. The maximum absolute atomic E-state index is 13.4. The quantitative estimate of drug-likeness (QED) is 0.705. The molecule has 6 heteroatoms. The number of aldehydes is 1. The van der Waals surface area contributed by atoms with Crippen molar-refractivity contribution in [3.63, 3.8) is 0 Å². The Bertz CT molecular complexity index is 312. The minimum absolute atomic E-state index is 0.0829. The number of nitrogens with zero attached hydrogens (tertiary/aromatic N) is 1. The number of hydrogen-bond acceptors (Lipinski definition) is 3. The monoisotopic (exact) mass is 249 g/mol. The zero-order chi connectivity index (χ0) is 13.3. The molecule has 1 aliphatic heterocycles. The highest BCUT2D eigenvalue weighted by atomic mass is 19.3. The van der Waals surface area contributed by atoms with E-state index >= 15 is 0 Å². The van der Waals surface area contributed by atoms with Gasteiger partial charge in [0.05, 0.1) is 0 Å². The van der Waals surface area contributed by atoms with Crippen LogP contribution in [0.1, 0.15) is 33.6 Å². The molecule has 4 nitrogen and oxygen atoms in total. The van der Waals surface area contributed by atoms with Gasteiger partial charge in [-0.25, -0.2) is 13.6 Å². The summed E-state index contributed by atoms with van der Waals surface area (Å²) in [4.78, 5) is 23.0. The third-order valence-electron chi connectivity index (χ3n) is 2.50. The Labute approximate surface area is 98.9 Å². The number of alkyl halides is 2. The van der Waals surface area contributed by atoms with Gasteiger partial charge < -0.3 is 9.53 Å². The summed E-state index contributed by atoms with van der Waals surface area (Å²) in [6, 6.07) is -1.38. The van der Waals surface area contributed by atoms with Gasteiger partial charge in [-0.05, 0) is 20.8 Å². The molecule has 0 bridgehead atoms. The van der Waals surface area contributed by atoms with Gasteiger partial charge in [-0.2, -0.15) is 0 Å². The highest BCUT2D eigenvalue weighted by Crippen LogP contribution is 2.36. The average Bonchev–Trinajstić information content (AvgIpc) is 2.40. The van der Waals surface area contributed by atoms with E-state index in [1.54, 1.807) is 20.8 Å². The van der Waals surface area contributed by atoms with Gasteiger partial charge in [-0.3, -0.25) is 4.90 Å². The van der Waals surface area contributed by atoms with Gasteiger partial charge in [0.2, 0.25) is 0 Å². The topological polar surface area (TPSA) is 46.6 Å². The van der Waals surface area contributed by atoms with Gasteiger partial charge in [-0.15, -0.1) is 0 Å². The Hall–Kier alpha value is -1.20. The van der Waals surface area contributed by atoms with E-state index in [0.717, 1.165) is 4.90 Å². The Kier molecular flexibility index (Phi) is 3.74. The van der Waals surface area contributed by atoms with E-state index in [1.165, 1.54) is 0 Å². The molecule has 1 fully saturated rings. The maximum atomic E-state index is 13.4. The first-order valence-electron chi connectivity index (χ1n) is 5.48. The minimum Gasteiger partial charge on any atom is -0.444 e. The number of carbonyl (C=O) groups excluding carboxylic acids is 2. The molecule has 1 aliphatic rings. The van der Waals surface area contributed by atoms with Crippen LogP contribution in [0.25, 0.3) is 0 Å². The number of ether oxygens (including phenoxy) is 1. The number of hydrogen-bond donors (Lipinski definition) is 0. The minimum atomic E-state index is -3.02. The van der Waals surface area contributed by atoms with E-state index in [0.29, 0.717) is 6.29 Å². The highest BCUT2D eigenvalue weighted by Gasteiger charge is 2.51. The molecule has 98 valence electrons. The van der Waals surface area contributed by atoms with E-state index in [9.17, 15) is 18.4 Å². The molecule has 17 heavy (non-hydrogen) atoms. The zero-order valence-corrected chi connectivity index (χ0v) is 10.2. The van der Waals surface area contributed by atoms with Crippen LogP contribution in [0.2, 0.25) is 0 Å². The van der Waals surface area contributed by atoms with Crippen LogP contribution < -0.4 is 0 Å². The van der Waals surface area contributed by atoms with Crippen molar-refractivity contribution >= 4 is 12.4 Å². The molecule has 1 saturated heterocycles. The summed E-state index contributed by atoms with van der Waals surface area (Å²) >= 11 is 0. The third-order valence-corrected chi connectivity index (χ3v) is 2.50. The summed E-state index contributed by atoms with van der Waals surface area (Å²) in [5, 5.41) is 0. The van der Waals surface area contributed by atoms with Crippen LogP contribution in [0, 0.1) is 0 Å². The molecule has 0 aromatic heterocycles. The Morgan fingerprint density at radius 1 is 1.53 bits per heavy atom. The fourth-order valence-electron chi connectivity index (χ4n) is 1.75. The summed E-state index contributed by atoms with van der Waals surface area (Å²) < 4.78 is 31.9. The summed E-state index contributed by atoms with van der Waals surface area (Å²) in [7, 11) is 0. The number of carbonyl (C=O) groups is 2. The molecule has 1 unspecified atom stereocenters. The van der Waals surface area contributed by atoms with E-state index in [2.05, 4.69) is 0 Å². The lowest BCUT2D eigenvalue weighted by molar-refractivity contribution is -0.111. The van der Waals surface area contributed by atoms with Gasteiger partial charge >= 0.3 is 6.09 Å². The lowest BCUT2D eigenvalue weighted by Gasteiger charge is -2.29. The van der Waals surface area contributed by atoms with Crippen LogP contribution in [0.4, 0.5) is 13.6 Å². The number of amides is 1. The largest absolute Gasteiger partial charge is 0.444 e. The first kappa shape index (κ1) is 13.9. The number of likely N-dealkylation sites (tertiary alicyclic amines) is 1. The van der Waals surface area contributed by atoms with Crippen LogP contribution in [-0.4, -0.2) is 41.4 Å². The molecule has 0 aromatic carbocycles. The third kappa shape index (κ3) is 3.38. The molecule has 1 rings (SSSR count). The second kappa shape index (κ2) is 4.58. The van der Waals surface area contributed by atoms with Crippen LogP contribution in [-0.2, 0) is 9.53 Å². The summed E-state index contributed by atoms with van der Waals surface area (Å²) in [6.07, 6.45) is -1.18. The van der Waals surface area contributed by atoms with Gasteiger partial charge in [0.1, 0.15) is 17.9 Å². The van der Waals surface area contributed by atoms with E-state index < -0.39 is 30.1 Å². The van der Waals surface area contributed by atoms with Crippen LogP contribution in [0.3, 0.4) is 0 Å². The van der Waals surface area contributed by atoms with Crippen molar-refractivity contribution in [3.05, 3.63) is 0 Å². The average molecular weight is 249 g/mol. The van der Waals surface area contributed by atoms with E-state index in [-0.39, 0.29) is 13.0 Å². The molecule has 0 N–H and O–H groups in total. The Morgan fingerprint density at radius 3 is 2.59 bits per heavy atom. The van der Waals surface area contributed by atoms with E-state index in [4.69, 9.17) is 4.74 Å². The molecule has 0 aliphatic carbocycles. The molecule has 0 spiro atoms. The fourth-order valence-corrected chi connectivity index (χ4v) is 1.75. The Balaban J connectivity index is 2.76. The lowest BCUT2D eigenvalue weighted by Crippen LogP contribution is -2.44. The summed E-state index contributed by atoms with van der Waals surface area (Å²) in [5.41, 5.74) is -0.735. The van der Waals surface area contributed by atoms with Gasteiger partial charge in [-0.1, -0.05) is 0 Å². The van der Waals surface area contributed by atoms with Crippen molar-refractivity contribution in [1.29, 1.82) is 0 Å². The standard InChI is InChI=1S/C11H17F2NO3/c1-10(2,3)17-9(16)14-6-5-11(12,13)8(14)4-7-15/h7-8H,4-6H2,1-3H3. The summed E-state index contributed by atoms with van der Waals surface area (Å²) in [6.45, 7) is 4.90.